The monoisotopic (exact) mass is 254 g/mol. The number of urea groups is 1. The summed E-state index contributed by atoms with van der Waals surface area (Å²) in [5, 5.41) is 3.21. The van der Waals surface area contributed by atoms with Crippen molar-refractivity contribution in [3.63, 3.8) is 0 Å². The zero-order chi connectivity index (χ0) is 13.1. The van der Waals surface area contributed by atoms with Crippen LogP contribution in [-0.2, 0) is 4.74 Å². The minimum absolute atomic E-state index is 0.0933. The lowest BCUT2D eigenvalue weighted by atomic mass is 9.86. The lowest BCUT2D eigenvalue weighted by Crippen LogP contribution is -2.54. The Morgan fingerprint density at radius 3 is 2.33 bits per heavy atom. The maximum Gasteiger partial charge on any atom is 0.317 e. The van der Waals surface area contributed by atoms with E-state index in [1.165, 1.54) is 19.3 Å². The van der Waals surface area contributed by atoms with Gasteiger partial charge in [-0.15, -0.1) is 0 Å². The van der Waals surface area contributed by atoms with E-state index in [0.29, 0.717) is 25.0 Å². The van der Waals surface area contributed by atoms with E-state index in [1.807, 2.05) is 18.7 Å². The van der Waals surface area contributed by atoms with Crippen molar-refractivity contribution in [1.82, 2.24) is 10.2 Å². The van der Waals surface area contributed by atoms with Crippen LogP contribution in [0.2, 0.25) is 0 Å². The Morgan fingerprint density at radius 2 is 1.72 bits per heavy atom. The van der Waals surface area contributed by atoms with Crippen LogP contribution >= 0.6 is 0 Å². The van der Waals surface area contributed by atoms with E-state index in [1.54, 1.807) is 0 Å². The Balaban J connectivity index is 1.86. The van der Waals surface area contributed by atoms with Crippen LogP contribution in [0.3, 0.4) is 0 Å². The number of carbonyl (C=O) groups is 1. The minimum Gasteiger partial charge on any atom is -0.372 e. The van der Waals surface area contributed by atoms with Gasteiger partial charge in [0.2, 0.25) is 0 Å². The molecule has 4 atom stereocenters. The Hall–Kier alpha value is -0.770. The number of ether oxygens (including phenoxy) is 1. The van der Waals surface area contributed by atoms with E-state index in [0.717, 1.165) is 6.42 Å². The van der Waals surface area contributed by atoms with Gasteiger partial charge in [0.25, 0.3) is 0 Å². The fourth-order valence-corrected chi connectivity index (χ4v) is 3.12. The van der Waals surface area contributed by atoms with Gasteiger partial charge in [-0.2, -0.15) is 0 Å². The van der Waals surface area contributed by atoms with Crippen molar-refractivity contribution >= 4 is 6.03 Å². The first-order chi connectivity index (χ1) is 8.56. The molecule has 104 valence electrons. The van der Waals surface area contributed by atoms with Crippen molar-refractivity contribution in [2.24, 2.45) is 5.92 Å². The van der Waals surface area contributed by atoms with Crippen molar-refractivity contribution in [3.05, 3.63) is 0 Å². The molecule has 1 aliphatic heterocycles. The summed E-state index contributed by atoms with van der Waals surface area (Å²) in [6, 6.07) is 0.454. The highest BCUT2D eigenvalue weighted by Gasteiger charge is 2.29. The maximum absolute atomic E-state index is 12.3. The van der Waals surface area contributed by atoms with Gasteiger partial charge in [0.1, 0.15) is 0 Å². The van der Waals surface area contributed by atoms with E-state index < -0.39 is 0 Å². The molecule has 18 heavy (non-hydrogen) atoms. The molecule has 4 heteroatoms. The predicted molar refractivity (Wildman–Crippen MR) is 71.5 cm³/mol. The van der Waals surface area contributed by atoms with Crippen molar-refractivity contribution in [3.8, 4) is 0 Å². The van der Waals surface area contributed by atoms with Gasteiger partial charge in [-0.05, 0) is 32.6 Å². The van der Waals surface area contributed by atoms with Crippen molar-refractivity contribution < 1.29 is 9.53 Å². The average Bonchev–Trinajstić information content (AvgIpc) is 2.31. The molecule has 2 fully saturated rings. The second-order valence-electron chi connectivity index (χ2n) is 5.98. The predicted octanol–water partition coefficient (Wildman–Crippen LogP) is 2.38. The first kappa shape index (κ1) is 13.7. The summed E-state index contributed by atoms with van der Waals surface area (Å²) in [4.78, 5) is 14.2. The molecule has 1 aliphatic carbocycles. The molecule has 1 heterocycles. The molecule has 4 nitrogen and oxygen atoms in total. The van der Waals surface area contributed by atoms with E-state index in [-0.39, 0.29) is 18.2 Å². The molecule has 0 radical (unpaired) electrons. The van der Waals surface area contributed by atoms with Crippen LogP contribution in [0, 0.1) is 5.92 Å². The highest BCUT2D eigenvalue weighted by atomic mass is 16.5. The molecule has 4 unspecified atom stereocenters. The Morgan fingerprint density at radius 1 is 1.11 bits per heavy atom. The smallest absolute Gasteiger partial charge is 0.317 e. The van der Waals surface area contributed by atoms with Crippen molar-refractivity contribution in [2.45, 2.75) is 64.7 Å². The molecular formula is C14H26N2O2. The SMILES string of the molecule is CC1CN(C(=O)NC2CCCCC2C)CC(C)O1. The fourth-order valence-electron chi connectivity index (χ4n) is 3.12. The fraction of sp³-hybridized carbons (Fsp3) is 0.929. The van der Waals surface area contributed by atoms with Crippen LogP contribution in [0.25, 0.3) is 0 Å². The zero-order valence-electron chi connectivity index (χ0n) is 11.8. The first-order valence-corrected chi connectivity index (χ1v) is 7.27. The quantitative estimate of drug-likeness (QED) is 0.780. The van der Waals surface area contributed by atoms with E-state index in [9.17, 15) is 4.79 Å². The molecular weight excluding hydrogens is 228 g/mol. The third kappa shape index (κ3) is 3.37. The number of hydrogen-bond acceptors (Lipinski definition) is 2. The summed E-state index contributed by atoms with van der Waals surface area (Å²) in [5.41, 5.74) is 0. The Labute approximate surface area is 110 Å². The normalized spacial score (nSPS) is 37.4. The minimum atomic E-state index is 0.0933. The summed E-state index contributed by atoms with van der Waals surface area (Å²) in [6.07, 6.45) is 5.19. The summed E-state index contributed by atoms with van der Waals surface area (Å²) in [7, 11) is 0. The standard InChI is InChI=1S/C14H26N2O2/c1-10-6-4-5-7-13(10)15-14(17)16-8-11(2)18-12(3)9-16/h10-13H,4-9H2,1-3H3,(H,15,17). The first-order valence-electron chi connectivity index (χ1n) is 7.27. The molecule has 0 spiro atoms. The van der Waals surface area contributed by atoms with Gasteiger partial charge in [-0.25, -0.2) is 4.79 Å². The lowest BCUT2D eigenvalue weighted by Gasteiger charge is -2.37. The number of amides is 2. The summed E-state index contributed by atoms with van der Waals surface area (Å²) >= 11 is 0. The molecule has 1 saturated heterocycles. The van der Waals surface area contributed by atoms with Gasteiger partial charge < -0.3 is 15.0 Å². The van der Waals surface area contributed by atoms with Gasteiger partial charge >= 0.3 is 6.03 Å². The number of rotatable bonds is 1. The third-order valence-electron chi connectivity index (χ3n) is 4.13. The maximum atomic E-state index is 12.3. The number of nitrogens with one attached hydrogen (secondary N) is 1. The van der Waals surface area contributed by atoms with Crippen LogP contribution in [0.4, 0.5) is 4.79 Å². The molecule has 2 amide bonds. The largest absolute Gasteiger partial charge is 0.372 e. The van der Waals surface area contributed by atoms with Crippen LogP contribution in [-0.4, -0.2) is 42.3 Å². The third-order valence-corrected chi connectivity index (χ3v) is 4.13. The molecule has 0 bridgehead atoms. The summed E-state index contributed by atoms with van der Waals surface area (Å²) in [5.74, 6) is 0.610. The molecule has 0 aromatic heterocycles. The van der Waals surface area contributed by atoms with Crippen LogP contribution in [0.15, 0.2) is 0 Å². The number of carbonyl (C=O) groups excluding carboxylic acids is 1. The topological polar surface area (TPSA) is 41.6 Å². The second kappa shape index (κ2) is 5.91. The van der Waals surface area contributed by atoms with Crippen LogP contribution < -0.4 is 5.32 Å². The second-order valence-corrected chi connectivity index (χ2v) is 5.98. The Kier molecular flexibility index (Phi) is 4.49. The van der Waals surface area contributed by atoms with Crippen LogP contribution in [0.5, 0.6) is 0 Å². The van der Waals surface area contributed by atoms with Gasteiger partial charge in [0, 0.05) is 19.1 Å². The number of nitrogens with zero attached hydrogens (tertiary/aromatic N) is 1. The van der Waals surface area contributed by atoms with E-state index in [2.05, 4.69) is 12.2 Å². The summed E-state index contributed by atoms with van der Waals surface area (Å²) < 4.78 is 5.66. The number of morpholine rings is 1. The average molecular weight is 254 g/mol. The molecule has 2 aliphatic rings. The molecule has 0 aromatic rings. The lowest BCUT2D eigenvalue weighted by molar-refractivity contribution is -0.0550. The van der Waals surface area contributed by atoms with Crippen LogP contribution in [0.1, 0.15) is 46.5 Å². The van der Waals surface area contributed by atoms with Gasteiger partial charge in [0.15, 0.2) is 0 Å². The zero-order valence-corrected chi connectivity index (χ0v) is 11.8. The Bertz CT molecular complexity index is 286. The highest BCUT2D eigenvalue weighted by molar-refractivity contribution is 5.74. The molecule has 2 rings (SSSR count). The van der Waals surface area contributed by atoms with E-state index in [4.69, 9.17) is 4.74 Å². The van der Waals surface area contributed by atoms with Gasteiger partial charge in [-0.3, -0.25) is 0 Å². The van der Waals surface area contributed by atoms with Crippen molar-refractivity contribution in [2.75, 3.05) is 13.1 Å². The van der Waals surface area contributed by atoms with Gasteiger partial charge in [0.05, 0.1) is 12.2 Å². The van der Waals surface area contributed by atoms with Gasteiger partial charge in [-0.1, -0.05) is 19.8 Å². The van der Waals surface area contributed by atoms with Crippen molar-refractivity contribution in [1.29, 1.82) is 0 Å². The molecule has 1 saturated carbocycles. The molecule has 1 N–H and O–H groups in total. The summed E-state index contributed by atoms with van der Waals surface area (Å²) in [6.45, 7) is 7.71. The highest BCUT2D eigenvalue weighted by Crippen LogP contribution is 2.24. The molecule has 0 aromatic carbocycles. The van der Waals surface area contributed by atoms with E-state index >= 15 is 0 Å². The number of hydrogen-bond donors (Lipinski definition) is 1.